The minimum atomic E-state index is -3.80. The second-order valence-electron chi connectivity index (χ2n) is 5.49. The van der Waals surface area contributed by atoms with Crippen molar-refractivity contribution in [3.63, 3.8) is 0 Å². The van der Waals surface area contributed by atoms with Crippen LogP contribution in [0.1, 0.15) is 0 Å². The Morgan fingerprint density at radius 3 is 2.04 bits per heavy atom. The largest absolute Gasteiger partial charge is 0.316 e. The van der Waals surface area contributed by atoms with Crippen LogP contribution in [0.25, 0.3) is 11.0 Å². The van der Waals surface area contributed by atoms with Gasteiger partial charge < -0.3 is 9.13 Å². The van der Waals surface area contributed by atoms with Crippen molar-refractivity contribution in [1.82, 2.24) is 9.13 Å². The van der Waals surface area contributed by atoms with Crippen LogP contribution in [-0.2, 0) is 24.1 Å². The molecule has 0 fully saturated rings. The molecule has 0 saturated carbocycles. The van der Waals surface area contributed by atoms with Crippen LogP contribution in [0.5, 0.6) is 0 Å². The molecular formula is C16H14ClN3O4S. The minimum Gasteiger partial charge on any atom is -0.305 e. The normalized spacial score (nSPS) is 11.6. The van der Waals surface area contributed by atoms with Gasteiger partial charge in [-0.3, -0.25) is 14.3 Å². The number of rotatable bonds is 3. The maximum atomic E-state index is 12.4. The van der Waals surface area contributed by atoms with E-state index in [1.807, 2.05) is 0 Å². The van der Waals surface area contributed by atoms with Crippen molar-refractivity contribution >= 4 is 38.3 Å². The van der Waals surface area contributed by atoms with Crippen molar-refractivity contribution < 1.29 is 8.42 Å². The van der Waals surface area contributed by atoms with Crippen molar-refractivity contribution in [2.75, 3.05) is 4.72 Å². The summed E-state index contributed by atoms with van der Waals surface area (Å²) < 4.78 is 29.8. The topological polar surface area (TPSA) is 90.2 Å². The van der Waals surface area contributed by atoms with E-state index in [4.69, 9.17) is 11.6 Å². The van der Waals surface area contributed by atoms with Gasteiger partial charge in [0.1, 0.15) is 0 Å². The van der Waals surface area contributed by atoms with Gasteiger partial charge >= 0.3 is 11.1 Å². The van der Waals surface area contributed by atoms with Crippen molar-refractivity contribution in [3.05, 3.63) is 68.2 Å². The van der Waals surface area contributed by atoms with Crippen LogP contribution in [0.4, 0.5) is 5.69 Å². The number of sulfonamides is 1. The Labute approximate surface area is 148 Å². The first-order valence-electron chi connectivity index (χ1n) is 7.19. The standard InChI is InChI=1S/C16H14ClN3O4S/c1-19-13-8-5-11(9-14(13)20(2)16(22)15(19)21)18-25(23,24)12-6-3-10(17)4-7-12/h3-9,18H,1-2H3. The fraction of sp³-hybridized carbons (Fsp3) is 0.125. The molecule has 0 atom stereocenters. The van der Waals surface area contributed by atoms with Gasteiger partial charge in [0.2, 0.25) is 0 Å². The molecule has 0 aliphatic rings. The summed E-state index contributed by atoms with van der Waals surface area (Å²) in [4.78, 5) is 23.8. The fourth-order valence-electron chi connectivity index (χ4n) is 2.47. The van der Waals surface area contributed by atoms with E-state index in [1.165, 1.54) is 59.6 Å². The van der Waals surface area contributed by atoms with Crippen LogP contribution in [0.3, 0.4) is 0 Å². The van der Waals surface area contributed by atoms with E-state index >= 15 is 0 Å². The number of nitrogens with zero attached hydrogens (tertiary/aromatic N) is 2. The number of benzene rings is 2. The Balaban J connectivity index is 2.10. The van der Waals surface area contributed by atoms with Gasteiger partial charge in [-0.25, -0.2) is 8.42 Å². The minimum absolute atomic E-state index is 0.0614. The van der Waals surface area contributed by atoms with Crippen LogP contribution in [0.15, 0.2) is 56.9 Å². The SMILES string of the molecule is Cn1c(=O)c(=O)n(C)c2cc(NS(=O)(=O)c3ccc(Cl)cc3)ccc21. The molecule has 3 rings (SSSR count). The Bertz CT molecular complexity index is 1200. The zero-order chi connectivity index (χ0) is 18.4. The molecule has 0 bridgehead atoms. The number of anilines is 1. The quantitative estimate of drug-likeness (QED) is 0.701. The lowest BCUT2D eigenvalue weighted by molar-refractivity contribution is 0.601. The zero-order valence-corrected chi connectivity index (χ0v) is 14.9. The van der Waals surface area contributed by atoms with Gasteiger partial charge in [0.15, 0.2) is 0 Å². The number of hydrogen-bond acceptors (Lipinski definition) is 4. The highest BCUT2D eigenvalue weighted by molar-refractivity contribution is 7.92. The van der Waals surface area contributed by atoms with E-state index in [9.17, 15) is 18.0 Å². The molecule has 7 nitrogen and oxygen atoms in total. The van der Waals surface area contributed by atoms with E-state index in [-0.39, 0.29) is 10.6 Å². The number of aromatic nitrogens is 2. The predicted molar refractivity (Wildman–Crippen MR) is 96.7 cm³/mol. The Morgan fingerprint density at radius 2 is 1.44 bits per heavy atom. The third-order valence-corrected chi connectivity index (χ3v) is 5.52. The Morgan fingerprint density at radius 1 is 0.880 bits per heavy atom. The molecule has 1 heterocycles. The van der Waals surface area contributed by atoms with E-state index in [2.05, 4.69) is 4.72 Å². The zero-order valence-electron chi connectivity index (χ0n) is 13.4. The summed E-state index contributed by atoms with van der Waals surface area (Å²) in [6, 6.07) is 10.4. The summed E-state index contributed by atoms with van der Waals surface area (Å²) in [5.41, 5.74) is -0.113. The van der Waals surface area contributed by atoms with Crippen LogP contribution in [0, 0.1) is 0 Å². The number of fused-ring (bicyclic) bond motifs is 1. The molecular weight excluding hydrogens is 366 g/mol. The summed E-state index contributed by atoms with van der Waals surface area (Å²) in [6.07, 6.45) is 0. The summed E-state index contributed by atoms with van der Waals surface area (Å²) >= 11 is 5.77. The third-order valence-electron chi connectivity index (χ3n) is 3.87. The summed E-state index contributed by atoms with van der Waals surface area (Å²) in [5.74, 6) is 0. The van der Waals surface area contributed by atoms with Crippen molar-refractivity contribution in [2.24, 2.45) is 14.1 Å². The summed E-state index contributed by atoms with van der Waals surface area (Å²) in [5, 5.41) is 0.431. The first-order valence-corrected chi connectivity index (χ1v) is 9.05. The molecule has 1 N–H and O–H groups in total. The molecule has 2 aromatic carbocycles. The lowest BCUT2D eigenvalue weighted by atomic mass is 10.2. The van der Waals surface area contributed by atoms with Crippen LogP contribution >= 0.6 is 11.6 Å². The average Bonchev–Trinajstić information content (AvgIpc) is 2.58. The van der Waals surface area contributed by atoms with Crippen molar-refractivity contribution in [1.29, 1.82) is 0 Å². The summed E-state index contributed by atoms with van der Waals surface area (Å²) in [7, 11) is -0.853. The first kappa shape index (κ1) is 17.2. The van der Waals surface area contributed by atoms with E-state index < -0.39 is 21.1 Å². The van der Waals surface area contributed by atoms with Gasteiger partial charge in [0.25, 0.3) is 10.0 Å². The van der Waals surface area contributed by atoms with Crippen LogP contribution in [-0.4, -0.2) is 17.6 Å². The molecule has 130 valence electrons. The molecule has 0 radical (unpaired) electrons. The van der Waals surface area contributed by atoms with Crippen LogP contribution < -0.4 is 15.8 Å². The Hall–Kier alpha value is -2.58. The van der Waals surface area contributed by atoms with Gasteiger partial charge in [-0.2, -0.15) is 0 Å². The monoisotopic (exact) mass is 379 g/mol. The summed E-state index contributed by atoms with van der Waals surface area (Å²) in [6.45, 7) is 0. The van der Waals surface area contributed by atoms with E-state index in [0.29, 0.717) is 16.1 Å². The highest BCUT2D eigenvalue weighted by Gasteiger charge is 2.15. The molecule has 0 aliphatic heterocycles. The number of aryl methyl sites for hydroxylation is 2. The van der Waals surface area contributed by atoms with Crippen LogP contribution in [0.2, 0.25) is 5.02 Å². The van der Waals surface area contributed by atoms with Gasteiger partial charge in [0.05, 0.1) is 21.6 Å². The average molecular weight is 380 g/mol. The maximum Gasteiger partial charge on any atom is 0.316 e. The molecule has 3 aromatic rings. The van der Waals surface area contributed by atoms with Crippen molar-refractivity contribution in [3.8, 4) is 0 Å². The molecule has 0 unspecified atom stereocenters. The lowest BCUT2D eigenvalue weighted by Crippen LogP contribution is -2.39. The first-order chi connectivity index (χ1) is 11.7. The second-order valence-corrected chi connectivity index (χ2v) is 7.61. The molecule has 0 amide bonds. The van der Waals surface area contributed by atoms with E-state index in [1.54, 1.807) is 6.07 Å². The van der Waals surface area contributed by atoms with Gasteiger partial charge in [-0.1, -0.05) is 11.6 Å². The highest BCUT2D eigenvalue weighted by Crippen LogP contribution is 2.21. The van der Waals surface area contributed by atoms with Gasteiger partial charge in [-0.15, -0.1) is 0 Å². The molecule has 0 spiro atoms. The lowest BCUT2D eigenvalue weighted by Gasteiger charge is -2.12. The number of halogens is 1. The fourth-order valence-corrected chi connectivity index (χ4v) is 3.65. The number of hydrogen-bond donors (Lipinski definition) is 1. The van der Waals surface area contributed by atoms with Gasteiger partial charge in [0, 0.05) is 19.1 Å². The third kappa shape index (κ3) is 3.06. The predicted octanol–water partition coefficient (Wildman–Crippen LogP) is 1.69. The molecule has 0 saturated heterocycles. The molecule has 25 heavy (non-hydrogen) atoms. The van der Waals surface area contributed by atoms with Crippen molar-refractivity contribution in [2.45, 2.75) is 4.90 Å². The molecule has 0 aliphatic carbocycles. The van der Waals surface area contributed by atoms with Gasteiger partial charge in [-0.05, 0) is 42.5 Å². The maximum absolute atomic E-state index is 12.4. The Kier molecular flexibility index (Phi) is 4.18. The second kappa shape index (κ2) is 6.05. The molecule has 1 aromatic heterocycles. The number of nitrogens with one attached hydrogen (secondary N) is 1. The molecule has 9 heteroatoms. The smallest absolute Gasteiger partial charge is 0.305 e. The van der Waals surface area contributed by atoms with E-state index in [0.717, 1.165) is 0 Å². The highest BCUT2D eigenvalue weighted by atomic mass is 35.5.